The minimum Gasteiger partial charge on any atom is -0.432 e. The van der Waals surface area contributed by atoms with Gasteiger partial charge in [0.15, 0.2) is 0 Å². The summed E-state index contributed by atoms with van der Waals surface area (Å²) in [7, 11) is 0. The first-order valence-electron chi connectivity index (χ1n) is 1.97. The van der Waals surface area contributed by atoms with Crippen molar-refractivity contribution < 1.29 is 9.53 Å². The molecule has 0 bridgehead atoms. The number of nitrogens with two attached hydrogens (primary N) is 1. The van der Waals surface area contributed by atoms with Gasteiger partial charge in [0.1, 0.15) is 0 Å². The fraction of sp³-hybridized carbons (Fsp3) is 0.667. The molecule has 1 saturated heterocycles. The van der Waals surface area contributed by atoms with E-state index in [-0.39, 0.29) is 12.5 Å². The molecule has 1 aliphatic rings. The fourth-order valence-corrected chi connectivity index (χ4v) is 0.409. The number of cyclic esters (lactones) is 1. The highest BCUT2D eigenvalue weighted by Crippen LogP contribution is 1.87. The van der Waals surface area contributed by atoms with Gasteiger partial charge in [-0.05, 0) is 0 Å². The van der Waals surface area contributed by atoms with E-state index in [2.05, 4.69) is 10.1 Å². The lowest BCUT2D eigenvalue weighted by molar-refractivity contribution is -0.140. The molecule has 0 aromatic rings. The van der Waals surface area contributed by atoms with E-state index in [1.165, 1.54) is 0 Å². The van der Waals surface area contributed by atoms with Crippen LogP contribution in [0.5, 0.6) is 0 Å². The molecule has 0 aromatic heterocycles. The van der Waals surface area contributed by atoms with E-state index < -0.39 is 6.35 Å². The molecule has 40 valence electrons. The summed E-state index contributed by atoms with van der Waals surface area (Å²) < 4.78 is 4.39. The number of esters is 1. The average Bonchev–Trinajstić information content (AvgIpc) is 1.87. The molecule has 0 spiro atoms. The molecule has 4 nitrogen and oxygen atoms in total. The standard InChI is InChI=1S/C3H6N2O2/c4-3-5-1-2(6)7-3/h3,5H,1,4H2. The molecular weight excluding hydrogens is 96.0 g/mol. The van der Waals surface area contributed by atoms with E-state index in [1.54, 1.807) is 0 Å². The van der Waals surface area contributed by atoms with Crippen LogP contribution in [0.25, 0.3) is 0 Å². The van der Waals surface area contributed by atoms with Crippen LogP contribution in [0.15, 0.2) is 0 Å². The van der Waals surface area contributed by atoms with Crippen molar-refractivity contribution in [1.29, 1.82) is 0 Å². The molecule has 0 aromatic carbocycles. The van der Waals surface area contributed by atoms with E-state index in [0.717, 1.165) is 0 Å². The van der Waals surface area contributed by atoms with Crippen LogP contribution in [-0.2, 0) is 9.53 Å². The van der Waals surface area contributed by atoms with Crippen LogP contribution >= 0.6 is 0 Å². The minimum absolute atomic E-state index is 0.237. The van der Waals surface area contributed by atoms with E-state index in [9.17, 15) is 4.79 Å². The van der Waals surface area contributed by atoms with Gasteiger partial charge in [0.25, 0.3) is 0 Å². The number of nitrogens with one attached hydrogen (secondary N) is 1. The van der Waals surface area contributed by atoms with Gasteiger partial charge in [-0.2, -0.15) is 0 Å². The predicted molar refractivity (Wildman–Crippen MR) is 22.1 cm³/mol. The van der Waals surface area contributed by atoms with Gasteiger partial charge in [-0.3, -0.25) is 15.8 Å². The number of carbonyl (C=O) groups excluding carboxylic acids is 1. The van der Waals surface area contributed by atoms with Gasteiger partial charge in [0.05, 0.1) is 6.54 Å². The average molecular weight is 102 g/mol. The summed E-state index contributed by atoms with van der Waals surface area (Å²) in [5, 5.41) is 2.58. The van der Waals surface area contributed by atoms with E-state index in [1.807, 2.05) is 0 Å². The number of ether oxygens (including phenoxy) is 1. The molecule has 1 atom stereocenters. The minimum atomic E-state index is -0.576. The Morgan fingerprint density at radius 1 is 2.00 bits per heavy atom. The SMILES string of the molecule is NC1NCC(=O)O1. The molecule has 0 saturated carbocycles. The van der Waals surface area contributed by atoms with Gasteiger partial charge in [0, 0.05) is 0 Å². The third-order valence-electron chi connectivity index (χ3n) is 0.706. The topological polar surface area (TPSA) is 64.3 Å². The molecule has 0 radical (unpaired) electrons. The summed E-state index contributed by atoms with van der Waals surface area (Å²) in [5.74, 6) is -0.285. The Bertz CT molecular complexity index is 92.9. The summed E-state index contributed by atoms with van der Waals surface area (Å²) >= 11 is 0. The molecule has 4 heteroatoms. The molecule has 0 amide bonds. The number of hydrogen-bond acceptors (Lipinski definition) is 4. The van der Waals surface area contributed by atoms with Crippen molar-refractivity contribution in [3.05, 3.63) is 0 Å². The molecule has 1 fully saturated rings. The lowest BCUT2D eigenvalue weighted by Gasteiger charge is -1.96. The summed E-state index contributed by atoms with van der Waals surface area (Å²) in [6, 6.07) is 0. The zero-order valence-corrected chi connectivity index (χ0v) is 3.68. The summed E-state index contributed by atoms with van der Waals surface area (Å²) in [4.78, 5) is 10.1. The Morgan fingerprint density at radius 3 is 2.86 bits per heavy atom. The molecule has 3 N–H and O–H groups in total. The van der Waals surface area contributed by atoms with Crippen molar-refractivity contribution in [3.63, 3.8) is 0 Å². The van der Waals surface area contributed by atoms with Gasteiger partial charge in [-0.1, -0.05) is 0 Å². The number of hydrogen-bond donors (Lipinski definition) is 2. The third kappa shape index (κ3) is 0.880. The first-order valence-corrected chi connectivity index (χ1v) is 1.97. The largest absolute Gasteiger partial charge is 0.432 e. The zero-order chi connectivity index (χ0) is 5.28. The van der Waals surface area contributed by atoms with Crippen molar-refractivity contribution in [1.82, 2.24) is 5.32 Å². The van der Waals surface area contributed by atoms with Gasteiger partial charge < -0.3 is 4.74 Å². The van der Waals surface area contributed by atoms with Crippen LogP contribution in [0.4, 0.5) is 0 Å². The summed E-state index contributed by atoms with van der Waals surface area (Å²) in [6.07, 6.45) is -0.576. The van der Waals surface area contributed by atoms with Crippen LogP contribution in [-0.4, -0.2) is 18.9 Å². The van der Waals surface area contributed by atoms with Crippen LogP contribution in [0.3, 0.4) is 0 Å². The van der Waals surface area contributed by atoms with Crippen molar-refractivity contribution in [2.45, 2.75) is 6.35 Å². The van der Waals surface area contributed by atoms with Gasteiger partial charge >= 0.3 is 5.97 Å². The molecule has 1 heterocycles. The highest BCUT2D eigenvalue weighted by molar-refractivity contribution is 5.73. The predicted octanol–water partition coefficient (Wildman–Crippen LogP) is -1.62. The van der Waals surface area contributed by atoms with Gasteiger partial charge in [-0.15, -0.1) is 0 Å². The molecule has 1 aliphatic heterocycles. The molecule has 7 heavy (non-hydrogen) atoms. The maximum Gasteiger partial charge on any atom is 0.322 e. The Balaban J connectivity index is 2.40. The Labute approximate surface area is 40.6 Å². The van der Waals surface area contributed by atoms with Crippen molar-refractivity contribution in [2.75, 3.05) is 6.54 Å². The third-order valence-corrected chi connectivity index (χ3v) is 0.706. The van der Waals surface area contributed by atoms with Crippen LogP contribution in [0.2, 0.25) is 0 Å². The maximum absolute atomic E-state index is 10.1. The van der Waals surface area contributed by atoms with Crippen molar-refractivity contribution >= 4 is 5.97 Å². The Morgan fingerprint density at radius 2 is 2.71 bits per heavy atom. The molecule has 1 rings (SSSR count). The molecule has 0 aliphatic carbocycles. The second kappa shape index (κ2) is 1.48. The molecule has 1 unspecified atom stereocenters. The van der Waals surface area contributed by atoms with E-state index in [0.29, 0.717) is 0 Å². The number of rotatable bonds is 0. The van der Waals surface area contributed by atoms with E-state index >= 15 is 0 Å². The second-order valence-corrected chi connectivity index (χ2v) is 1.29. The summed E-state index contributed by atoms with van der Waals surface area (Å²) in [5.41, 5.74) is 5.07. The monoisotopic (exact) mass is 102 g/mol. The fourth-order valence-electron chi connectivity index (χ4n) is 0.409. The quantitative estimate of drug-likeness (QED) is 0.361. The van der Waals surface area contributed by atoms with Crippen molar-refractivity contribution in [3.8, 4) is 0 Å². The Hall–Kier alpha value is -0.610. The normalized spacial score (nSPS) is 30.4. The smallest absolute Gasteiger partial charge is 0.322 e. The zero-order valence-electron chi connectivity index (χ0n) is 3.68. The lowest BCUT2D eigenvalue weighted by Crippen LogP contribution is -2.31. The number of carbonyl (C=O) groups is 1. The highest BCUT2D eigenvalue weighted by Gasteiger charge is 2.16. The van der Waals surface area contributed by atoms with Crippen LogP contribution in [0.1, 0.15) is 0 Å². The highest BCUT2D eigenvalue weighted by atomic mass is 16.6. The van der Waals surface area contributed by atoms with Crippen LogP contribution < -0.4 is 11.1 Å². The van der Waals surface area contributed by atoms with Crippen LogP contribution in [0, 0.1) is 0 Å². The lowest BCUT2D eigenvalue weighted by atomic mass is 10.7. The summed E-state index contributed by atoms with van der Waals surface area (Å²) in [6.45, 7) is 0.237. The first kappa shape index (κ1) is 4.55. The van der Waals surface area contributed by atoms with E-state index in [4.69, 9.17) is 5.73 Å². The molecular formula is C3H6N2O2. The van der Waals surface area contributed by atoms with Gasteiger partial charge in [0.2, 0.25) is 6.35 Å². The Kier molecular flexibility index (Phi) is 0.958. The van der Waals surface area contributed by atoms with Crippen molar-refractivity contribution in [2.24, 2.45) is 5.73 Å². The maximum atomic E-state index is 10.1. The second-order valence-electron chi connectivity index (χ2n) is 1.29. The first-order chi connectivity index (χ1) is 3.29. The van der Waals surface area contributed by atoms with Gasteiger partial charge in [-0.25, -0.2) is 0 Å².